The van der Waals surface area contributed by atoms with E-state index in [9.17, 15) is 9.59 Å². The summed E-state index contributed by atoms with van der Waals surface area (Å²) in [6.45, 7) is 5.85. The Morgan fingerprint density at radius 2 is 1.69 bits per heavy atom. The largest absolute Gasteiger partial charge is 0.480 e. The van der Waals surface area contributed by atoms with Crippen molar-refractivity contribution in [3.63, 3.8) is 0 Å². The molecule has 3 N–H and O–H groups in total. The standard InChI is InChI=1S/C11H22N2O3/c1-4-7-9(10(14)15)13-11(16)12-8(5-2)6-3/h8-9H,4-7H2,1-3H3,(H,14,15)(H2,12,13,16). The molecule has 0 saturated carbocycles. The number of carboxylic acids is 1. The van der Waals surface area contributed by atoms with Crippen LogP contribution in [0.4, 0.5) is 4.79 Å². The van der Waals surface area contributed by atoms with E-state index in [1.54, 1.807) is 0 Å². The Labute approximate surface area is 96.6 Å². The SMILES string of the molecule is CCCC(NC(=O)NC(CC)CC)C(=O)O. The summed E-state index contributed by atoms with van der Waals surface area (Å²) in [4.78, 5) is 22.3. The molecule has 0 heterocycles. The van der Waals surface area contributed by atoms with Crippen LogP contribution in [-0.4, -0.2) is 29.2 Å². The molecule has 0 aliphatic carbocycles. The van der Waals surface area contributed by atoms with Crippen LogP contribution in [0.2, 0.25) is 0 Å². The van der Waals surface area contributed by atoms with Gasteiger partial charge in [-0.1, -0.05) is 27.2 Å². The van der Waals surface area contributed by atoms with Gasteiger partial charge in [-0.2, -0.15) is 0 Å². The van der Waals surface area contributed by atoms with Crippen LogP contribution in [0.15, 0.2) is 0 Å². The van der Waals surface area contributed by atoms with Crippen LogP contribution >= 0.6 is 0 Å². The number of urea groups is 1. The summed E-state index contributed by atoms with van der Waals surface area (Å²) >= 11 is 0. The molecule has 0 bridgehead atoms. The zero-order valence-electron chi connectivity index (χ0n) is 10.2. The molecule has 1 atom stereocenters. The van der Waals surface area contributed by atoms with Crippen LogP contribution in [0.1, 0.15) is 46.5 Å². The Morgan fingerprint density at radius 3 is 2.06 bits per heavy atom. The van der Waals surface area contributed by atoms with E-state index in [2.05, 4.69) is 10.6 Å². The minimum Gasteiger partial charge on any atom is -0.480 e. The van der Waals surface area contributed by atoms with Gasteiger partial charge in [-0.25, -0.2) is 9.59 Å². The number of carbonyl (C=O) groups is 2. The molecule has 2 amide bonds. The molecule has 0 aromatic rings. The fraction of sp³-hybridized carbons (Fsp3) is 0.818. The minimum atomic E-state index is -0.985. The van der Waals surface area contributed by atoms with Crippen molar-refractivity contribution in [1.29, 1.82) is 0 Å². The monoisotopic (exact) mass is 230 g/mol. The highest BCUT2D eigenvalue weighted by Crippen LogP contribution is 1.99. The molecule has 0 aliphatic heterocycles. The second-order valence-electron chi connectivity index (χ2n) is 3.81. The number of hydrogen-bond acceptors (Lipinski definition) is 2. The molecule has 0 spiro atoms. The van der Waals surface area contributed by atoms with E-state index in [1.807, 2.05) is 20.8 Å². The summed E-state index contributed by atoms with van der Waals surface area (Å²) in [6, 6.07) is -1.08. The van der Waals surface area contributed by atoms with Crippen LogP contribution in [0.5, 0.6) is 0 Å². The lowest BCUT2D eigenvalue weighted by molar-refractivity contribution is -0.139. The van der Waals surface area contributed by atoms with Crippen molar-refractivity contribution in [3.8, 4) is 0 Å². The van der Waals surface area contributed by atoms with E-state index in [-0.39, 0.29) is 6.04 Å². The maximum absolute atomic E-state index is 11.5. The summed E-state index contributed by atoms with van der Waals surface area (Å²) in [5.41, 5.74) is 0. The first-order chi connectivity index (χ1) is 7.54. The van der Waals surface area contributed by atoms with Crippen molar-refractivity contribution in [2.45, 2.75) is 58.5 Å². The van der Waals surface area contributed by atoms with Crippen molar-refractivity contribution < 1.29 is 14.7 Å². The number of amides is 2. The lowest BCUT2D eigenvalue weighted by Crippen LogP contribution is -2.48. The number of aliphatic carboxylic acids is 1. The van der Waals surface area contributed by atoms with Crippen molar-refractivity contribution in [2.24, 2.45) is 0 Å². The zero-order chi connectivity index (χ0) is 12.6. The van der Waals surface area contributed by atoms with Gasteiger partial charge in [0.05, 0.1) is 0 Å². The van der Waals surface area contributed by atoms with Gasteiger partial charge in [0.2, 0.25) is 0 Å². The van der Waals surface area contributed by atoms with E-state index < -0.39 is 18.0 Å². The van der Waals surface area contributed by atoms with Gasteiger partial charge in [0.25, 0.3) is 0 Å². The second kappa shape index (κ2) is 7.96. The molecule has 0 saturated heterocycles. The molecule has 0 radical (unpaired) electrons. The van der Waals surface area contributed by atoms with E-state index in [0.717, 1.165) is 19.3 Å². The van der Waals surface area contributed by atoms with Crippen molar-refractivity contribution in [2.75, 3.05) is 0 Å². The molecule has 0 fully saturated rings. The van der Waals surface area contributed by atoms with E-state index in [0.29, 0.717) is 6.42 Å². The fourth-order valence-electron chi connectivity index (χ4n) is 1.42. The molecule has 0 aromatic carbocycles. The highest BCUT2D eigenvalue weighted by Gasteiger charge is 2.19. The first-order valence-electron chi connectivity index (χ1n) is 5.84. The molecule has 0 rings (SSSR count). The third-order valence-electron chi connectivity index (χ3n) is 2.50. The van der Waals surface area contributed by atoms with Gasteiger partial charge in [-0.15, -0.1) is 0 Å². The van der Waals surface area contributed by atoms with Crippen LogP contribution in [0, 0.1) is 0 Å². The quantitative estimate of drug-likeness (QED) is 0.623. The summed E-state index contributed by atoms with van der Waals surface area (Å²) in [7, 11) is 0. The van der Waals surface area contributed by atoms with Gasteiger partial charge in [-0.3, -0.25) is 0 Å². The molecule has 16 heavy (non-hydrogen) atoms. The van der Waals surface area contributed by atoms with Gasteiger partial charge in [-0.05, 0) is 19.3 Å². The highest BCUT2D eigenvalue weighted by molar-refractivity contribution is 5.82. The van der Waals surface area contributed by atoms with Crippen LogP contribution in [0.25, 0.3) is 0 Å². The van der Waals surface area contributed by atoms with Crippen molar-refractivity contribution >= 4 is 12.0 Å². The fourth-order valence-corrected chi connectivity index (χ4v) is 1.42. The number of carboxylic acid groups (broad SMARTS) is 1. The second-order valence-corrected chi connectivity index (χ2v) is 3.81. The van der Waals surface area contributed by atoms with Gasteiger partial charge in [0.1, 0.15) is 6.04 Å². The first kappa shape index (κ1) is 14.7. The van der Waals surface area contributed by atoms with Crippen LogP contribution in [-0.2, 0) is 4.79 Å². The lowest BCUT2D eigenvalue weighted by atomic mass is 10.1. The summed E-state index contributed by atoms with van der Waals surface area (Å²) in [5.74, 6) is -0.985. The molecular formula is C11H22N2O3. The molecule has 5 nitrogen and oxygen atoms in total. The average molecular weight is 230 g/mol. The molecule has 1 unspecified atom stereocenters. The van der Waals surface area contributed by atoms with E-state index >= 15 is 0 Å². The van der Waals surface area contributed by atoms with Crippen molar-refractivity contribution in [1.82, 2.24) is 10.6 Å². The van der Waals surface area contributed by atoms with E-state index in [4.69, 9.17) is 5.11 Å². The Bertz CT molecular complexity index is 227. The normalized spacial score (nSPS) is 12.2. The van der Waals surface area contributed by atoms with Gasteiger partial charge < -0.3 is 15.7 Å². The maximum atomic E-state index is 11.5. The maximum Gasteiger partial charge on any atom is 0.326 e. The van der Waals surface area contributed by atoms with Gasteiger partial charge in [0, 0.05) is 6.04 Å². The number of nitrogens with one attached hydrogen (secondary N) is 2. The number of carbonyl (C=O) groups excluding carboxylic acids is 1. The van der Waals surface area contributed by atoms with Crippen LogP contribution < -0.4 is 10.6 Å². The summed E-state index contributed by atoms with van der Waals surface area (Å²) in [5, 5.41) is 14.1. The highest BCUT2D eigenvalue weighted by atomic mass is 16.4. The Morgan fingerprint density at radius 1 is 1.12 bits per heavy atom. The summed E-state index contributed by atoms with van der Waals surface area (Å²) < 4.78 is 0. The number of rotatable bonds is 7. The minimum absolute atomic E-state index is 0.107. The van der Waals surface area contributed by atoms with Crippen molar-refractivity contribution in [3.05, 3.63) is 0 Å². The molecule has 0 aliphatic rings. The topological polar surface area (TPSA) is 78.4 Å². The third kappa shape index (κ3) is 5.58. The predicted octanol–water partition coefficient (Wildman–Crippen LogP) is 1.73. The Hall–Kier alpha value is -1.26. The summed E-state index contributed by atoms with van der Waals surface area (Å²) in [6.07, 6.45) is 2.86. The van der Waals surface area contributed by atoms with Crippen LogP contribution in [0.3, 0.4) is 0 Å². The molecule has 5 heteroatoms. The third-order valence-corrected chi connectivity index (χ3v) is 2.50. The van der Waals surface area contributed by atoms with Gasteiger partial charge in [0.15, 0.2) is 0 Å². The predicted molar refractivity (Wildman–Crippen MR) is 62.4 cm³/mol. The van der Waals surface area contributed by atoms with E-state index in [1.165, 1.54) is 0 Å². The number of hydrogen-bond donors (Lipinski definition) is 3. The molecule has 94 valence electrons. The van der Waals surface area contributed by atoms with Gasteiger partial charge >= 0.3 is 12.0 Å². The lowest BCUT2D eigenvalue weighted by Gasteiger charge is -2.18. The molecular weight excluding hydrogens is 208 g/mol. The Balaban J connectivity index is 4.13. The molecule has 0 aromatic heterocycles. The average Bonchev–Trinajstić information content (AvgIpc) is 2.25. The smallest absolute Gasteiger partial charge is 0.326 e. The first-order valence-corrected chi connectivity index (χ1v) is 5.84. The Kier molecular flexibility index (Phi) is 7.33. The zero-order valence-corrected chi connectivity index (χ0v) is 10.2.